The van der Waals surface area contributed by atoms with Crippen molar-refractivity contribution in [3.05, 3.63) is 142 Å². The number of hydrogen-bond donors (Lipinski definition) is 4. The molecule has 7 aromatic rings. The van der Waals surface area contributed by atoms with Crippen molar-refractivity contribution < 1.29 is 65.2 Å². The fraction of sp³-hybridized carbons (Fsp3) is 0.192. The average molecular weight is 1030 g/mol. The summed E-state index contributed by atoms with van der Waals surface area (Å²) in [5.74, 6) is -6.34. The number of esters is 2. The number of nitrogens with one attached hydrogen (secondary N) is 2. The molecule has 2 aliphatic rings. The number of halogens is 8. The highest BCUT2D eigenvalue weighted by atomic mass is 35.5. The first-order valence-corrected chi connectivity index (χ1v) is 22.9. The van der Waals surface area contributed by atoms with E-state index in [1.807, 2.05) is 48.5 Å². The summed E-state index contributed by atoms with van der Waals surface area (Å²) >= 11 is 12.5. The molecule has 0 aliphatic carbocycles. The van der Waals surface area contributed by atoms with E-state index in [0.29, 0.717) is 11.1 Å². The minimum absolute atomic E-state index is 0.0198. The molecule has 0 saturated carbocycles. The number of H-pyrrole nitrogens is 2. The van der Waals surface area contributed by atoms with Crippen LogP contribution in [0.2, 0.25) is 0 Å². The van der Waals surface area contributed by atoms with Gasteiger partial charge < -0.3 is 39.5 Å². The second kappa shape index (κ2) is 18.8. The van der Waals surface area contributed by atoms with Crippen molar-refractivity contribution in [2.75, 3.05) is 48.9 Å². The van der Waals surface area contributed by atoms with Crippen LogP contribution in [0.5, 0.6) is 11.5 Å². The lowest BCUT2D eigenvalue weighted by molar-refractivity contribution is -0.141. The number of aromatic hydroxyl groups is 2. The topological polar surface area (TPSA) is 165 Å². The maximum atomic E-state index is 14.0. The van der Waals surface area contributed by atoms with E-state index >= 15 is 0 Å². The van der Waals surface area contributed by atoms with Gasteiger partial charge in [0.05, 0.1) is 47.8 Å². The van der Waals surface area contributed by atoms with Crippen molar-refractivity contribution in [1.82, 2.24) is 9.97 Å². The average Bonchev–Trinajstić information content (AvgIpc) is 4.16. The van der Waals surface area contributed by atoms with E-state index in [0.717, 1.165) is 36.5 Å². The van der Waals surface area contributed by atoms with Crippen LogP contribution in [0.3, 0.4) is 0 Å². The Bertz CT molecular complexity index is 3180. The van der Waals surface area contributed by atoms with Gasteiger partial charge >= 0.3 is 24.3 Å². The number of rotatable bonds is 10. The number of benzene rings is 5. The van der Waals surface area contributed by atoms with E-state index in [4.69, 9.17) is 23.2 Å². The standard InChI is InChI=1S/C52H38Cl2F6N4O8/c1-71-49(69)43-41-39-31(21-53)23-63(33(39)19-35(65)45(41)61-47(43)51(55,56)57)37(67)17-7-25-3-9-27(10-4-25)29-13-15-30(16-14-29)28-11-5-26(6-12-28)8-18-38(68)64-24-32(22-54)40-34(64)20-36(66)46-42(40)44(50(70)72-2)48(62-46)52(58,59)60/h3-20,31-32,61-62,65-66H,21-24H2,1-2H3/b17-7+,18-8+/t31-,32-/m1/s1. The number of ether oxygens (including phenoxy) is 2. The lowest BCUT2D eigenvalue weighted by Crippen LogP contribution is -2.28. The van der Waals surface area contributed by atoms with Gasteiger partial charge in [-0.15, -0.1) is 23.2 Å². The number of phenols is 2. The molecule has 5 aromatic carbocycles. The second-order valence-electron chi connectivity index (χ2n) is 17.0. The maximum absolute atomic E-state index is 14.0. The fourth-order valence-corrected chi connectivity index (χ4v) is 9.99. The van der Waals surface area contributed by atoms with Crippen molar-refractivity contribution in [3.8, 4) is 33.8 Å². The summed E-state index contributed by atoms with van der Waals surface area (Å²) in [7, 11) is 1.88. The van der Waals surface area contributed by atoms with E-state index in [-0.39, 0.29) is 69.2 Å². The maximum Gasteiger partial charge on any atom is 0.432 e. The van der Waals surface area contributed by atoms with Gasteiger partial charge in [-0.1, -0.05) is 72.8 Å². The normalized spacial score (nSPS) is 15.8. The van der Waals surface area contributed by atoms with Gasteiger partial charge in [0.25, 0.3) is 11.8 Å². The lowest BCUT2D eigenvalue weighted by Gasteiger charge is -2.16. The van der Waals surface area contributed by atoms with Crippen LogP contribution in [-0.2, 0) is 31.4 Å². The van der Waals surface area contributed by atoms with Crippen LogP contribution >= 0.6 is 23.2 Å². The number of aromatic nitrogens is 2. The first kappa shape index (κ1) is 49.3. The van der Waals surface area contributed by atoms with Crippen molar-refractivity contribution in [3.63, 3.8) is 0 Å². The minimum Gasteiger partial charge on any atom is -0.506 e. The molecule has 0 saturated heterocycles. The van der Waals surface area contributed by atoms with Gasteiger partial charge in [-0.05, 0) is 56.7 Å². The van der Waals surface area contributed by atoms with E-state index < -0.39 is 82.0 Å². The summed E-state index contributed by atoms with van der Waals surface area (Å²) in [4.78, 5) is 59.5. The summed E-state index contributed by atoms with van der Waals surface area (Å²) in [6, 6.07) is 24.8. The van der Waals surface area contributed by atoms with Crippen LogP contribution in [0.25, 0.3) is 56.2 Å². The highest BCUT2D eigenvalue weighted by molar-refractivity contribution is 6.21. The number of carbonyl (C=O) groups is 4. The summed E-state index contributed by atoms with van der Waals surface area (Å²) < 4.78 is 93.6. The number of alkyl halides is 8. The van der Waals surface area contributed by atoms with E-state index in [1.54, 1.807) is 36.4 Å². The molecule has 0 spiro atoms. The number of methoxy groups -OCH3 is 2. The number of anilines is 2. The predicted octanol–water partition coefficient (Wildman–Crippen LogP) is 11.8. The first-order chi connectivity index (χ1) is 34.3. The Morgan fingerprint density at radius 3 is 1.21 bits per heavy atom. The molecule has 72 heavy (non-hydrogen) atoms. The molecule has 0 unspecified atom stereocenters. The lowest BCUT2D eigenvalue weighted by atomic mass is 9.95. The fourth-order valence-electron chi connectivity index (χ4n) is 9.48. The zero-order valence-corrected chi connectivity index (χ0v) is 39.1. The molecule has 2 amide bonds. The van der Waals surface area contributed by atoms with Gasteiger partial charge in [0.15, 0.2) is 0 Å². The van der Waals surface area contributed by atoms with Crippen LogP contribution < -0.4 is 9.80 Å². The molecule has 12 nitrogen and oxygen atoms in total. The minimum atomic E-state index is -4.99. The van der Waals surface area contributed by atoms with Gasteiger partial charge in [0, 0.05) is 71.7 Å². The summed E-state index contributed by atoms with van der Waals surface area (Å²) in [5, 5.41) is 21.2. The number of carbonyl (C=O) groups excluding carboxylic acids is 4. The highest BCUT2D eigenvalue weighted by Gasteiger charge is 2.45. The molecule has 4 N–H and O–H groups in total. The van der Waals surface area contributed by atoms with Crippen LogP contribution in [-0.4, -0.2) is 83.0 Å². The monoisotopic (exact) mass is 1030 g/mol. The molecule has 2 aliphatic heterocycles. The van der Waals surface area contributed by atoms with Gasteiger partial charge in [-0.2, -0.15) is 26.3 Å². The molecule has 0 radical (unpaired) electrons. The van der Waals surface area contributed by atoms with Gasteiger partial charge in [-0.25, -0.2) is 9.59 Å². The number of amides is 2. The Morgan fingerprint density at radius 2 is 0.917 bits per heavy atom. The largest absolute Gasteiger partial charge is 0.506 e. The molecule has 9 rings (SSSR count). The molecule has 4 heterocycles. The third kappa shape index (κ3) is 8.67. The Hall–Kier alpha value is -7.70. The zero-order valence-electron chi connectivity index (χ0n) is 37.6. The smallest absolute Gasteiger partial charge is 0.432 e. The molecule has 20 heteroatoms. The molecular formula is C52H38Cl2F6N4O8. The van der Waals surface area contributed by atoms with Crippen LogP contribution in [0, 0.1) is 0 Å². The Labute approximate surface area is 414 Å². The van der Waals surface area contributed by atoms with E-state index in [1.165, 1.54) is 34.1 Å². The van der Waals surface area contributed by atoms with Crippen LogP contribution in [0.15, 0.2) is 97.1 Å². The van der Waals surface area contributed by atoms with Crippen molar-refractivity contribution in [2.45, 2.75) is 24.2 Å². The molecule has 2 atom stereocenters. The van der Waals surface area contributed by atoms with Crippen molar-refractivity contribution in [1.29, 1.82) is 0 Å². The van der Waals surface area contributed by atoms with Crippen LogP contribution in [0.4, 0.5) is 37.7 Å². The summed E-state index contributed by atoms with van der Waals surface area (Å²) in [6.45, 7) is -0.0395. The SMILES string of the molecule is COC(=O)c1c(C(F)(F)F)[nH]c2c(O)cc3c(c12)[C@H](CCl)CN3C(=O)/C=C/c1ccc(-c2ccc(-c3ccc(/C=C/C(=O)N4C[C@@H](CCl)c5c4cc(O)c4[nH]c(C(F)(F)F)c(C(=O)OC)c54)cc3)cc2)cc1. The predicted molar refractivity (Wildman–Crippen MR) is 260 cm³/mol. The third-order valence-electron chi connectivity index (χ3n) is 12.8. The Kier molecular flexibility index (Phi) is 12.9. The van der Waals surface area contributed by atoms with Crippen molar-refractivity contribution in [2.24, 2.45) is 0 Å². The summed E-state index contributed by atoms with van der Waals surface area (Å²) in [5.41, 5.74) is 0.456. The van der Waals surface area contributed by atoms with Gasteiger partial charge in [0.1, 0.15) is 22.9 Å². The molecular weight excluding hydrogens is 993 g/mol. The molecule has 0 bridgehead atoms. The number of nitrogens with zero attached hydrogens (tertiary/aromatic N) is 2. The highest BCUT2D eigenvalue weighted by Crippen LogP contribution is 2.51. The van der Waals surface area contributed by atoms with Gasteiger partial charge in [-0.3, -0.25) is 9.59 Å². The van der Waals surface area contributed by atoms with Crippen LogP contribution in [0.1, 0.15) is 66.2 Å². The Morgan fingerprint density at radius 1 is 0.597 bits per heavy atom. The van der Waals surface area contributed by atoms with Gasteiger partial charge in [0.2, 0.25) is 0 Å². The van der Waals surface area contributed by atoms with E-state index in [2.05, 4.69) is 19.4 Å². The molecule has 2 aromatic heterocycles. The Balaban J connectivity index is 0.873. The van der Waals surface area contributed by atoms with Crippen molar-refractivity contribution >= 4 is 92.3 Å². The number of phenolic OH excluding ortho intramolecular Hbond substituents is 2. The zero-order chi connectivity index (χ0) is 51.6. The quantitative estimate of drug-likeness (QED) is 0.0455. The first-order valence-electron chi connectivity index (χ1n) is 21.8. The third-order valence-corrected chi connectivity index (χ3v) is 13.6. The number of fused-ring (bicyclic) bond motifs is 6. The summed E-state index contributed by atoms with van der Waals surface area (Å²) in [6.07, 6.45) is -4.24. The number of hydrogen-bond acceptors (Lipinski definition) is 8. The van der Waals surface area contributed by atoms with E-state index in [9.17, 15) is 55.7 Å². The second-order valence-corrected chi connectivity index (χ2v) is 17.6. The molecule has 0 fully saturated rings. The molecule has 370 valence electrons. The number of aromatic amines is 2.